The van der Waals surface area contributed by atoms with Gasteiger partial charge in [-0.2, -0.15) is 0 Å². The van der Waals surface area contributed by atoms with Gasteiger partial charge in [-0.3, -0.25) is 0 Å². The first-order valence-electron chi connectivity index (χ1n) is 4.56. The monoisotopic (exact) mass is 204 g/mol. The quantitative estimate of drug-likeness (QED) is 0.583. The van der Waals surface area contributed by atoms with Crippen molar-refractivity contribution in [3.05, 3.63) is 0 Å². The summed E-state index contributed by atoms with van der Waals surface area (Å²) in [6.45, 7) is 4.55. The molecule has 0 nitrogen and oxygen atoms in total. The minimum absolute atomic E-state index is 1.03. The SMILES string of the molecule is CCCCC([AsH2])CCCC. The third kappa shape index (κ3) is 6.68. The predicted molar refractivity (Wildman–Crippen MR) is 51.3 cm³/mol. The van der Waals surface area contributed by atoms with Crippen LogP contribution in [0.15, 0.2) is 0 Å². The Morgan fingerprint density at radius 1 is 1.00 bits per heavy atom. The van der Waals surface area contributed by atoms with E-state index in [1.165, 1.54) is 38.5 Å². The fourth-order valence-electron chi connectivity index (χ4n) is 1.08. The zero-order valence-corrected chi connectivity index (χ0v) is 9.82. The molecule has 0 saturated carbocycles. The molecule has 1 atom stereocenters. The van der Waals surface area contributed by atoms with Crippen LogP contribution in [-0.2, 0) is 0 Å². The van der Waals surface area contributed by atoms with Crippen LogP contribution in [0.4, 0.5) is 0 Å². The fraction of sp³-hybridized carbons (Fsp3) is 1.00. The van der Waals surface area contributed by atoms with Crippen LogP contribution in [0.5, 0.6) is 0 Å². The standard InChI is InChI=1S/C9H21As/c1-3-5-7-9(10)8-6-4-2/h9H,3-8,10H2,1-2H3. The predicted octanol–water partition coefficient (Wildman–Crippen LogP) is 2.79. The van der Waals surface area contributed by atoms with Gasteiger partial charge in [0.2, 0.25) is 0 Å². The van der Waals surface area contributed by atoms with Gasteiger partial charge in [-0.15, -0.1) is 0 Å². The van der Waals surface area contributed by atoms with Crippen molar-refractivity contribution in [3.63, 3.8) is 0 Å². The van der Waals surface area contributed by atoms with Gasteiger partial charge in [0.25, 0.3) is 0 Å². The van der Waals surface area contributed by atoms with Gasteiger partial charge < -0.3 is 0 Å². The molecule has 0 aromatic carbocycles. The van der Waals surface area contributed by atoms with E-state index in [1.807, 2.05) is 16.9 Å². The molecule has 0 rings (SSSR count). The van der Waals surface area contributed by atoms with Crippen LogP contribution in [0.2, 0.25) is 4.71 Å². The van der Waals surface area contributed by atoms with Crippen LogP contribution in [0.1, 0.15) is 52.4 Å². The van der Waals surface area contributed by atoms with E-state index in [1.54, 1.807) is 0 Å². The van der Waals surface area contributed by atoms with E-state index in [9.17, 15) is 0 Å². The van der Waals surface area contributed by atoms with Gasteiger partial charge in [-0.05, 0) is 0 Å². The molecule has 0 heterocycles. The summed E-state index contributed by atoms with van der Waals surface area (Å²) in [6, 6.07) is 0. The Morgan fingerprint density at radius 2 is 1.40 bits per heavy atom. The van der Waals surface area contributed by atoms with Crippen molar-refractivity contribution in [2.24, 2.45) is 0 Å². The third-order valence-corrected chi connectivity index (χ3v) is 3.26. The van der Waals surface area contributed by atoms with Crippen molar-refractivity contribution in [1.29, 1.82) is 0 Å². The maximum atomic E-state index is 2.28. The summed E-state index contributed by atoms with van der Waals surface area (Å²) in [5.74, 6) is 0. The van der Waals surface area contributed by atoms with Gasteiger partial charge in [0, 0.05) is 0 Å². The molecule has 0 amide bonds. The summed E-state index contributed by atoms with van der Waals surface area (Å²) in [4.78, 5) is 0. The number of rotatable bonds is 6. The Hall–Kier alpha value is 0.558. The minimum atomic E-state index is 1.03. The molecule has 0 radical (unpaired) electrons. The summed E-state index contributed by atoms with van der Waals surface area (Å²) in [6.07, 6.45) is 8.55. The summed E-state index contributed by atoms with van der Waals surface area (Å²) in [7, 11) is 0. The van der Waals surface area contributed by atoms with Gasteiger partial charge >= 0.3 is 73.9 Å². The molecule has 0 fully saturated rings. The van der Waals surface area contributed by atoms with E-state index in [0.717, 1.165) is 4.71 Å². The molecular formula is C9H21As. The Kier molecular flexibility index (Phi) is 8.09. The average Bonchev–Trinajstić information content (AvgIpc) is 1.97. The first kappa shape index (κ1) is 10.6. The second-order valence-electron chi connectivity index (χ2n) is 3.04. The topological polar surface area (TPSA) is 0 Å². The Morgan fingerprint density at radius 3 is 1.70 bits per heavy atom. The summed E-state index contributed by atoms with van der Waals surface area (Å²) in [5, 5.41) is 0. The van der Waals surface area contributed by atoms with Crippen molar-refractivity contribution in [2.45, 2.75) is 57.1 Å². The van der Waals surface area contributed by atoms with E-state index in [0.29, 0.717) is 0 Å². The summed E-state index contributed by atoms with van der Waals surface area (Å²) in [5.41, 5.74) is 0. The molecule has 0 bridgehead atoms. The Labute approximate surface area is 74.3 Å². The zero-order valence-electron chi connectivity index (χ0n) is 7.40. The molecule has 1 heteroatoms. The number of hydrogen-bond donors (Lipinski definition) is 0. The van der Waals surface area contributed by atoms with Crippen molar-refractivity contribution in [1.82, 2.24) is 0 Å². The van der Waals surface area contributed by atoms with Gasteiger partial charge in [-0.25, -0.2) is 0 Å². The van der Waals surface area contributed by atoms with E-state index in [2.05, 4.69) is 13.8 Å². The van der Waals surface area contributed by atoms with Gasteiger partial charge in [0.15, 0.2) is 0 Å². The molecule has 0 aromatic heterocycles. The van der Waals surface area contributed by atoms with E-state index in [4.69, 9.17) is 0 Å². The van der Waals surface area contributed by atoms with Crippen molar-refractivity contribution < 1.29 is 0 Å². The first-order chi connectivity index (χ1) is 4.81. The average molecular weight is 204 g/mol. The third-order valence-electron chi connectivity index (χ3n) is 1.86. The molecule has 10 heavy (non-hydrogen) atoms. The molecular weight excluding hydrogens is 183 g/mol. The zero-order chi connectivity index (χ0) is 7.82. The van der Waals surface area contributed by atoms with E-state index in [-0.39, 0.29) is 0 Å². The Bertz CT molecular complexity index is 53.7. The van der Waals surface area contributed by atoms with Crippen molar-refractivity contribution in [3.8, 4) is 0 Å². The maximum absolute atomic E-state index is 2.28. The van der Waals surface area contributed by atoms with Crippen LogP contribution in [0.25, 0.3) is 0 Å². The molecule has 62 valence electrons. The molecule has 0 N–H and O–H groups in total. The molecule has 0 aromatic rings. The van der Waals surface area contributed by atoms with Crippen LogP contribution in [-0.4, -0.2) is 16.9 Å². The number of unbranched alkanes of at least 4 members (excludes halogenated alkanes) is 2. The molecule has 0 aliphatic heterocycles. The van der Waals surface area contributed by atoms with Gasteiger partial charge in [-0.1, -0.05) is 0 Å². The van der Waals surface area contributed by atoms with Crippen LogP contribution in [0, 0.1) is 0 Å². The van der Waals surface area contributed by atoms with Crippen LogP contribution < -0.4 is 0 Å². The molecule has 0 spiro atoms. The van der Waals surface area contributed by atoms with E-state index < -0.39 is 0 Å². The van der Waals surface area contributed by atoms with Gasteiger partial charge in [0.1, 0.15) is 0 Å². The molecule has 1 unspecified atom stereocenters. The second kappa shape index (κ2) is 7.66. The van der Waals surface area contributed by atoms with Crippen LogP contribution in [0.3, 0.4) is 0 Å². The normalized spacial score (nSPS) is 10.8. The molecule has 0 aliphatic rings. The number of hydrogen-bond acceptors (Lipinski definition) is 0. The molecule has 0 saturated heterocycles. The van der Waals surface area contributed by atoms with E-state index >= 15 is 0 Å². The summed E-state index contributed by atoms with van der Waals surface area (Å²) < 4.78 is 1.03. The summed E-state index contributed by atoms with van der Waals surface area (Å²) >= 11 is 1.95. The fourth-order valence-corrected chi connectivity index (χ4v) is 2.07. The van der Waals surface area contributed by atoms with Crippen molar-refractivity contribution >= 4 is 16.9 Å². The second-order valence-corrected chi connectivity index (χ2v) is 5.02. The van der Waals surface area contributed by atoms with Crippen LogP contribution >= 0.6 is 0 Å². The van der Waals surface area contributed by atoms with Gasteiger partial charge in [0.05, 0.1) is 0 Å². The molecule has 0 aliphatic carbocycles. The first-order valence-corrected chi connectivity index (χ1v) is 5.96. The van der Waals surface area contributed by atoms with Crippen molar-refractivity contribution in [2.75, 3.05) is 0 Å². The Balaban J connectivity index is 3.00.